The Labute approximate surface area is 136 Å². The molecule has 0 aliphatic rings. The zero-order valence-corrected chi connectivity index (χ0v) is 13.7. The molecule has 10 heteroatoms. The number of hydrogen-bond acceptors (Lipinski definition) is 5. The molecule has 0 unspecified atom stereocenters. The van der Waals surface area contributed by atoms with Gasteiger partial charge in [0.05, 0.1) is 4.90 Å². The molecule has 0 spiro atoms. The number of rotatable bonds is 3. The summed E-state index contributed by atoms with van der Waals surface area (Å²) in [7, 11) is -9.02. The molecule has 0 atom stereocenters. The number of H-pyrrole nitrogens is 1. The number of hydrogen-bond donors (Lipinski definition) is 2. The third kappa shape index (κ3) is 2.72. The van der Waals surface area contributed by atoms with Crippen LogP contribution in [0.3, 0.4) is 0 Å². The van der Waals surface area contributed by atoms with Crippen molar-refractivity contribution in [2.24, 2.45) is 0 Å². The first-order chi connectivity index (χ1) is 10.7. The van der Waals surface area contributed by atoms with Crippen molar-refractivity contribution in [1.29, 1.82) is 0 Å². The summed E-state index contributed by atoms with van der Waals surface area (Å²) in [5.41, 5.74) is -0.0559. The lowest BCUT2D eigenvalue weighted by Crippen LogP contribution is -2.08. The molecular weight excluding hydrogens is 364 g/mol. The SMILES string of the molecule is O=S(=O)(O)c1c(S(=O)(=O)c2ccccc2)[nH]c2nc(Cl)ccc12. The summed E-state index contributed by atoms with van der Waals surface area (Å²) in [5.74, 6) is 0. The summed E-state index contributed by atoms with van der Waals surface area (Å²) < 4.78 is 58.2. The molecule has 23 heavy (non-hydrogen) atoms. The molecule has 0 fully saturated rings. The minimum absolute atomic E-state index is 0.0456. The van der Waals surface area contributed by atoms with E-state index in [4.69, 9.17) is 11.6 Å². The largest absolute Gasteiger partial charge is 0.329 e. The van der Waals surface area contributed by atoms with Crippen molar-refractivity contribution < 1.29 is 21.4 Å². The van der Waals surface area contributed by atoms with E-state index in [9.17, 15) is 21.4 Å². The van der Waals surface area contributed by atoms with Crippen LogP contribution in [0.4, 0.5) is 0 Å². The number of aromatic amines is 1. The molecule has 0 saturated carbocycles. The lowest BCUT2D eigenvalue weighted by Gasteiger charge is -2.04. The van der Waals surface area contributed by atoms with Gasteiger partial charge < -0.3 is 4.98 Å². The highest BCUT2D eigenvalue weighted by Gasteiger charge is 2.32. The van der Waals surface area contributed by atoms with E-state index in [1.54, 1.807) is 6.07 Å². The molecule has 0 aliphatic heterocycles. The van der Waals surface area contributed by atoms with Gasteiger partial charge in [0.15, 0.2) is 5.03 Å². The highest BCUT2D eigenvalue weighted by atomic mass is 35.5. The Morgan fingerprint density at radius 1 is 1.00 bits per heavy atom. The first kappa shape index (κ1) is 15.9. The van der Waals surface area contributed by atoms with Crippen LogP contribution in [0.25, 0.3) is 11.0 Å². The maximum atomic E-state index is 12.7. The number of nitrogens with one attached hydrogen (secondary N) is 1. The number of sulfone groups is 1. The van der Waals surface area contributed by atoms with Crippen LogP contribution in [-0.4, -0.2) is 31.4 Å². The average Bonchev–Trinajstić information content (AvgIpc) is 2.87. The van der Waals surface area contributed by atoms with Crippen LogP contribution < -0.4 is 0 Å². The molecular formula is C13H9ClN2O5S2. The van der Waals surface area contributed by atoms with Crippen molar-refractivity contribution in [2.45, 2.75) is 14.8 Å². The van der Waals surface area contributed by atoms with Gasteiger partial charge in [0, 0.05) is 5.39 Å². The fourth-order valence-corrected chi connectivity index (χ4v) is 5.02. The minimum Gasteiger partial charge on any atom is -0.329 e. The predicted octanol–water partition coefficient (Wildman–Crippen LogP) is 2.30. The Hall–Kier alpha value is -1.94. The Bertz CT molecular complexity index is 1110. The van der Waals surface area contributed by atoms with Crippen molar-refractivity contribution >= 4 is 42.6 Å². The molecule has 120 valence electrons. The quantitative estimate of drug-likeness (QED) is 0.538. The van der Waals surface area contributed by atoms with Crippen LogP contribution in [0.1, 0.15) is 0 Å². The van der Waals surface area contributed by atoms with E-state index < -0.39 is 29.9 Å². The Morgan fingerprint density at radius 2 is 1.65 bits per heavy atom. The van der Waals surface area contributed by atoms with E-state index in [0.29, 0.717) is 0 Å². The van der Waals surface area contributed by atoms with Gasteiger partial charge in [0.25, 0.3) is 10.1 Å². The number of pyridine rings is 1. The highest BCUT2D eigenvalue weighted by Crippen LogP contribution is 2.33. The molecule has 1 aromatic carbocycles. The second kappa shape index (κ2) is 5.31. The maximum Gasteiger partial charge on any atom is 0.298 e. The summed E-state index contributed by atoms with van der Waals surface area (Å²) in [6, 6.07) is 9.81. The van der Waals surface area contributed by atoms with Gasteiger partial charge in [0.1, 0.15) is 15.7 Å². The summed E-state index contributed by atoms with van der Waals surface area (Å²) in [6.45, 7) is 0. The molecule has 7 nitrogen and oxygen atoms in total. The number of halogens is 1. The fraction of sp³-hybridized carbons (Fsp3) is 0. The first-order valence-electron chi connectivity index (χ1n) is 6.17. The summed E-state index contributed by atoms with van der Waals surface area (Å²) in [5, 5.41) is -0.674. The topological polar surface area (TPSA) is 117 Å². The van der Waals surface area contributed by atoms with Crippen molar-refractivity contribution in [2.75, 3.05) is 0 Å². The Morgan fingerprint density at radius 3 is 2.26 bits per heavy atom. The number of fused-ring (bicyclic) bond motifs is 1. The molecule has 2 heterocycles. The van der Waals surface area contributed by atoms with Crippen molar-refractivity contribution in [3.8, 4) is 0 Å². The molecule has 3 aromatic rings. The zero-order valence-electron chi connectivity index (χ0n) is 11.3. The van der Waals surface area contributed by atoms with Crippen LogP contribution in [-0.2, 0) is 20.0 Å². The summed E-state index contributed by atoms with van der Waals surface area (Å²) >= 11 is 5.73. The van der Waals surface area contributed by atoms with E-state index in [2.05, 4.69) is 9.97 Å². The molecule has 2 N–H and O–H groups in total. The third-order valence-electron chi connectivity index (χ3n) is 3.12. The van der Waals surface area contributed by atoms with Gasteiger partial charge in [0.2, 0.25) is 9.84 Å². The third-order valence-corrected chi connectivity index (χ3v) is 6.14. The summed E-state index contributed by atoms with van der Waals surface area (Å²) in [4.78, 5) is 5.40. The molecule has 2 aromatic heterocycles. The lowest BCUT2D eigenvalue weighted by molar-refractivity contribution is 0.480. The van der Waals surface area contributed by atoms with E-state index >= 15 is 0 Å². The monoisotopic (exact) mass is 372 g/mol. The van der Waals surface area contributed by atoms with Gasteiger partial charge >= 0.3 is 0 Å². The van der Waals surface area contributed by atoms with E-state index in [0.717, 1.165) is 0 Å². The van der Waals surface area contributed by atoms with Crippen molar-refractivity contribution in [3.05, 3.63) is 47.6 Å². The van der Waals surface area contributed by atoms with Gasteiger partial charge in [-0.2, -0.15) is 8.42 Å². The van der Waals surface area contributed by atoms with E-state index in [1.807, 2.05) is 0 Å². The van der Waals surface area contributed by atoms with Crippen LogP contribution in [0, 0.1) is 0 Å². The van der Waals surface area contributed by atoms with Gasteiger partial charge in [-0.25, -0.2) is 13.4 Å². The molecule has 0 amide bonds. The predicted molar refractivity (Wildman–Crippen MR) is 82.8 cm³/mol. The van der Waals surface area contributed by atoms with E-state index in [-0.39, 0.29) is 21.1 Å². The fourth-order valence-electron chi connectivity index (χ4n) is 2.16. The molecule has 0 radical (unpaired) electrons. The maximum absolute atomic E-state index is 12.7. The van der Waals surface area contributed by atoms with Gasteiger partial charge in [-0.15, -0.1) is 0 Å². The smallest absolute Gasteiger partial charge is 0.298 e. The first-order valence-corrected chi connectivity index (χ1v) is 9.47. The normalized spacial score (nSPS) is 12.6. The number of benzene rings is 1. The molecule has 0 bridgehead atoms. The standard InChI is InChI=1S/C13H9ClN2O5S2/c14-10-7-6-9-11(23(19,20)21)13(16-12(9)15-10)22(17,18)8-4-2-1-3-5-8/h1-7H,(H,15,16)(H,19,20,21). The van der Waals surface area contributed by atoms with Gasteiger partial charge in [-0.05, 0) is 24.3 Å². The molecule has 3 rings (SSSR count). The summed E-state index contributed by atoms with van der Waals surface area (Å²) in [6.07, 6.45) is 0. The molecule has 0 saturated heterocycles. The van der Waals surface area contributed by atoms with Crippen LogP contribution >= 0.6 is 11.6 Å². The highest BCUT2D eigenvalue weighted by molar-refractivity contribution is 7.92. The average molecular weight is 373 g/mol. The second-order valence-corrected chi connectivity index (χ2v) is 8.24. The number of nitrogens with zero attached hydrogens (tertiary/aromatic N) is 1. The van der Waals surface area contributed by atoms with Gasteiger partial charge in [-0.3, -0.25) is 4.55 Å². The van der Waals surface area contributed by atoms with Crippen LogP contribution in [0.5, 0.6) is 0 Å². The van der Waals surface area contributed by atoms with Gasteiger partial charge in [-0.1, -0.05) is 29.8 Å². The number of aromatic nitrogens is 2. The second-order valence-electron chi connectivity index (χ2n) is 4.60. The Balaban J connectivity index is 2.43. The van der Waals surface area contributed by atoms with Crippen LogP contribution in [0.15, 0.2) is 57.3 Å². The van der Waals surface area contributed by atoms with Crippen molar-refractivity contribution in [1.82, 2.24) is 9.97 Å². The van der Waals surface area contributed by atoms with Crippen molar-refractivity contribution in [3.63, 3.8) is 0 Å². The molecule has 0 aliphatic carbocycles. The lowest BCUT2D eigenvalue weighted by atomic mass is 10.3. The van der Waals surface area contributed by atoms with Crippen LogP contribution in [0.2, 0.25) is 5.15 Å². The van der Waals surface area contributed by atoms with E-state index in [1.165, 1.54) is 36.4 Å². The zero-order chi connectivity index (χ0) is 16.8. The minimum atomic E-state index is -4.81. The Kier molecular flexibility index (Phi) is 3.68.